The van der Waals surface area contributed by atoms with Gasteiger partial charge in [-0.3, -0.25) is 4.79 Å². The molecule has 0 atom stereocenters. The van der Waals surface area contributed by atoms with Crippen LogP contribution >= 0.6 is 0 Å². The van der Waals surface area contributed by atoms with Gasteiger partial charge in [-0.2, -0.15) is 0 Å². The number of carbonyl (C=O) groups is 1. The van der Waals surface area contributed by atoms with Gasteiger partial charge in [0.15, 0.2) is 17.3 Å². The van der Waals surface area contributed by atoms with Crippen molar-refractivity contribution in [1.29, 1.82) is 0 Å². The smallest absolute Gasteiger partial charge is 0.228 e. The first-order valence-electron chi connectivity index (χ1n) is 10.5. The summed E-state index contributed by atoms with van der Waals surface area (Å²) in [5.74, 6) is 3.33. The lowest BCUT2D eigenvalue weighted by Gasteiger charge is -2.18. The normalized spacial score (nSPS) is 15.2. The van der Waals surface area contributed by atoms with E-state index in [4.69, 9.17) is 9.47 Å². The van der Waals surface area contributed by atoms with Crippen molar-refractivity contribution in [3.8, 4) is 22.9 Å². The summed E-state index contributed by atoms with van der Waals surface area (Å²) in [6.45, 7) is 2.05. The van der Waals surface area contributed by atoms with Crippen LogP contribution in [0.3, 0.4) is 0 Å². The van der Waals surface area contributed by atoms with Gasteiger partial charge in [0, 0.05) is 24.2 Å². The molecule has 2 aliphatic rings. The molecule has 0 aliphatic carbocycles. The molecule has 2 aliphatic heterocycles. The minimum absolute atomic E-state index is 0.0734. The second-order valence-corrected chi connectivity index (χ2v) is 7.68. The van der Waals surface area contributed by atoms with Gasteiger partial charge in [-0.25, -0.2) is 0 Å². The minimum atomic E-state index is -0.0734. The molecule has 1 aromatic heterocycles. The zero-order chi connectivity index (χ0) is 20.3. The Morgan fingerprint density at radius 1 is 0.967 bits per heavy atom. The van der Waals surface area contributed by atoms with E-state index in [-0.39, 0.29) is 12.3 Å². The van der Waals surface area contributed by atoms with Gasteiger partial charge in [-0.1, -0.05) is 12.5 Å². The van der Waals surface area contributed by atoms with Crippen LogP contribution < -0.4 is 14.8 Å². The number of ether oxygens (including phenoxy) is 2. The van der Waals surface area contributed by atoms with Crippen molar-refractivity contribution in [2.45, 2.75) is 38.6 Å². The van der Waals surface area contributed by atoms with Crippen molar-refractivity contribution < 1.29 is 14.3 Å². The molecule has 154 valence electrons. The fourth-order valence-corrected chi connectivity index (χ4v) is 3.99. The summed E-state index contributed by atoms with van der Waals surface area (Å²) in [6, 6.07) is 13.4. The van der Waals surface area contributed by atoms with Gasteiger partial charge in [0.05, 0.1) is 6.42 Å². The maximum absolute atomic E-state index is 12.5. The van der Waals surface area contributed by atoms with Crippen LogP contribution in [0.1, 0.15) is 30.7 Å². The molecule has 0 saturated carbocycles. The number of aryl methyl sites for hydroxylation is 1. The summed E-state index contributed by atoms with van der Waals surface area (Å²) in [5, 5.41) is 11.7. The molecule has 7 nitrogen and oxygen atoms in total. The number of hydrogen-bond acceptors (Lipinski definition) is 5. The van der Waals surface area contributed by atoms with Crippen LogP contribution in [0, 0.1) is 0 Å². The first-order valence-corrected chi connectivity index (χ1v) is 10.5. The number of hydrogen-bond donors (Lipinski definition) is 1. The van der Waals surface area contributed by atoms with Gasteiger partial charge in [-0.05, 0) is 54.8 Å². The molecule has 1 amide bonds. The Hall–Kier alpha value is -3.35. The molecule has 2 aromatic carbocycles. The zero-order valence-electron chi connectivity index (χ0n) is 16.8. The molecule has 3 heterocycles. The average Bonchev–Trinajstić information content (AvgIpc) is 3.02. The third-order valence-electron chi connectivity index (χ3n) is 5.51. The van der Waals surface area contributed by atoms with E-state index in [0.717, 1.165) is 53.6 Å². The molecule has 0 radical (unpaired) electrons. The van der Waals surface area contributed by atoms with Crippen LogP contribution in [0.25, 0.3) is 11.4 Å². The zero-order valence-corrected chi connectivity index (χ0v) is 16.8. The van der Waals surface area contributed by atoms with Gasteiger partial charge in [0.2, 0.25) is 5.91 Å². The maximum atomic E-state index is 12.5. The number of rotatable bonds is 4. The highest BCUT2D eigenvalue weighted by Gasteiger charge is 2.16. The first-order chi connectivity index (χ1) is 14.8. The number of aromatic nitrogens is 3. The van der Waals surface area contributed by atoms with Crippen molar-refractivity contribution in [1.82, 2.24) is 14.8 Å². The van der Waals surface area contributed by atoms with E-state index in [1.807, 2.05) is 42.5 Å². The van der Waals surface area contributed by atoms with Crippen molar-refractivity contribution in [3.63, 3.8) is 0 Å². The monoisotopic (exact) mass is 404 g/mol. The van der Waals surface area contributed by atoms with Crippen molar-refractivity contribution in [3.05, 3.63) is 53.9 Å². The standard InChI is InChI=1S/C23H24N4O3/c28-22(15-16-5-10-19-20(14-16)30-13-12-29-19)24-18-8-6-17(7-9-18)23-26-25-21-4-2-1-3-11-27(21)23/h5-10,14H,1-4,11-13,15H2,(H,24,28). The molecular weight excluding hydrogens is 380 g/mol. The van der Waals surface area contributed by atoms with Crippen LogP contribution in [-0.2, 0) is 24.2 Å². The third kappa shape index (κ3) is 3.87. The van der Waals surface area contributed by atoms with Gasteiger partial charge < -0.3 is 19.4 Å². The highest BCUT2D eigenvalue weighted by atomic mass is 16.6. The van der Waals surface area contributed by atoms with E-state index in [0.29, 0.717) is 19.0 Å². The molecule has 5 rings (SSSR count). The highest BCUT2D eigenvalue weighted by Crippen LogP contribution is 2.31. The quantitative estimate of drug-likeness (QED) is 0.719. The Morgan fingerprint density at radius 2 is 1.80 bits per heavy atom. The number of anilines is 1. The predicted octanol–water partition coefficient (Wildman–Crippen LogP) is 3.62. The van der Waals surface area contributed by atoms with E-state index in [9.17, 15) is 4.79 Å². The molecular formula is C23H24N4O3. The van der Waals surface area contributed by atoms with E-state index in [1.165, 1.54) is 12.8 Å². The SMILES string of the molecule is O=C(Cc1ccc2c(c1)OCCO2)Nc1ccc(-c2nnc3n2CCCCC3)cc1. The summed E-state index contributed by atoms with van der Waals surface area (Å²) in [7, 11) is 0. The lowest BCUT2D eigenvalue weighted by atomic mass is 10.1. The van der Waals surface area contributed by atoms with Crippen LogP contribution in [0.2, 0.25) is 0 Å². The molecule has 0 bridgehead atoms. The highest BCUT2D eigenvalue weighted by molar-refractivity contribution is 5.92. The molecule has 0 fully saturated rings. The summed E-state index contributed by atoms with van der Waals surface area (Å²) >= 11 is 0. The van der Waals surface area contributed by atoms with Crippen molar-refractivity contribution >= 4 is 11.6 Å². The minimum Gasteiger partial charge on any atom is -0.486 e. The molecule has 3 aromatic rings. The Morgan fingerprint density at radius 3 is 2.67 bits per heavy atom. The maximum Gasteiger partial charge on any atom is 0.228 e. The molecule has 7 heteroatoms. The van der Waals surface area contributed by atoms with E-state index >= 15 is 0 Å². The lowest BCUT2D eigenvalue weighted by molar-refractivity contribution is -0.115. The third-order valence-corrected chi connectivity index (χ3v) is 5.51. The molecule has 30 heavy (non-hydrogen) atoms. The second-order valence-electron chi connectivity index (χ2n) is 7.68. The van der Waals surface area contributed by atoms with E-state index in [1.54, 1.807) is 0 Å². The first kappa shape index (κ1) is 18.7. The predicted molar refractivity (Wildman–Crippen MR) is 113 cm³/mol. The molecule has 0 saturated heterocycles. The van der Waals surface area contributed by atoms with Crippen molar-refractivity contribution in [2.75, 3.05) is 18.5 Å². The molecule has 0 unspecified atom stereocenters. The Bertz CT molecular complexity index is 1060. The summed E-state index contributed by atoms with van der Waals surface area (Å²) in [6.07, 6.45) is 4.83. The fraction of sp³-hybridized carbons (Fsp3) is 0.348. The fourth-order valence-electron chi connectivity index (χ4n) is 3.99. The van der Waals surface area contributed by atoms with Crippen LogP contribution in [0.4, 0.5) is 5.69 Å². The topological polar surface area (TPSA) is 78.3 Å². The van der Waals surface area contributed by atoms with Crippen LogP contribution in [0.5, 0.6) is 11.5 Å². The molecule has 0 spiro atoms. The number of nitrogens with one attached hydrogen (secondary N) is 1. The summed E-state index contributed by atoms with van der Waals surface area (Å²) in [4.78, 5) is 12.5. The van der Waals surface area contributed by atoms with Crippen molar-refractivity contribution in [2.24, 2.45) is 0 Å². The van der Waals surface area contributed by atoms with Gasteiger partial charge >= 0.3 is 0 Å². The Kier molecular flexibility index (Phi) is 5.09. The summed E-state index contributed by atoms with van der Waals surface area (Å²) < 4.78 is 13.3. The van der Waals surface area contributed by atoms with Gasteiger partial charge in [-0.15, -0.1) is 10.2 Å². The number of fused-ring (bicyclic) bond motifs is 2. The van der Waals surface area contributed by atoms with E-state index in [2.05, 4.69) is 20.1 Å². The second kappa shape index (κ2) is 8.18. The van der Waals surface area contributed by atoms with Crippen LogP contribution in [-0.4, -0.2) is 33.9 Å². The Balaban J connectivity index is 1.25. The number of benzene rings is 2. The number of carbonyl (C=O) groups excluding carboxylic acids is 1. The summed E-state index contributed by atoms with van der Waals surface area (Å²) in [5.41, 5.74) is 2.66. The Labute approximate surface area is 175 Å². The lowest BCUT2D eigenvalue weighted by Crippen LogP contribution is -2.17. The van der Waals surface area contributed by atoms with Crippen LogP contribution in [0.15, 0.2) is 42.5 Å². The average molecular weight is 404 g/mol. The van der Waals surface area contributed by atoms with Gasteiger partial charge in [0.25, 0.3) is 0 Å². The number of amides is 1. The largest absolute Gasteiger partial charge is 0.486 e. The van der Waals surface area contributed by atoms with Gasteiger partial charge in [0.1, 0.15) is 19.0 Å². The van der Waals surface area contributed by atoms with E-state index < -0.39 is 0 Å². The number of nitrogens with zero attached hydrogens (tertiary/aromatic N) is 3. The molecule has 1 N–H and O–H groups in total.